The van der Waals surface area contributed by atoms with Gasteiger partial charge in [0.25, 0.3) is 0 Å². The van der Waals surface area contributed by atoms with Crippen LogP contribution in [-0.2, 0) is 11.8 Å². The lowest BCUT2D eigenvalue weighted by Crippen LogP contribution is -2.14. The Balaban J connectivity index is 2.76. The number of aromatic nitrogens is 3. The van der Waals surface area contributed by atoms with E-state index in [0.717, 1.165) is 12.1 Å². The van der Waals surface area contributed by atoms with Crippen LogP contribution in [0.4, 0.5) is 0 Å². The van der Waals surface area contributed by atoms with Gasteiger partial charge in [0.15, 0.2) is 0 Å². The predicted octanol–water partition coefficient (Wildman–Crippen LogP) is 1.94. The average Bonchev–Trinajstić information content (AvgIpc) is 2.60. The Labute approximate surface area is 85.3 Å². The first-order chi connectivity index (χ1) is 6.69. The van der Waals surface area contributed by atoms with Crippen LogP contribution in [-0.4, -0.2) is 21.6 Å². The minimum Gasteiger partial charge on any atom is -0.372 e. The standard InChI is InChI=1S/C10H19N3O/c1-5-8(3)10(14-6-2)9-7-11-13(4)12-9/h7-8,10H,5-6H2,1-4H3/t8-,10-/m0/s1. The molecular formula is C10H19N3O. The molecule has 1 aromatic heterocycles. The molecule has 80 valence electrons. The first-order valence-electron chi connectivity index (χ1n) is 5.16. The molecule has 2 atom stereocenters. The van der Waals surface area contributed by atoms with Crippen LogP contribution in [0.3, 0.4) is 0 Å². The summed E-state index contributed by atoms with van der Waals surface area (Å²) in [5, 5.41) is 8.34. The molecule has 4 nitrogen and oxygen atoms in total. The molecule has 1 aromatic rings. The van der Waals surface area contributed by atoms with Crippen LogP contribution in [0.25, 0.3) is 0 Å². The molecule has 0 saturated heterocycles. The largest absolute Gasteiger partial charge is 0.372 e. The molecule has 0 aliphatic carbocycles. The molecule has 0 aliphatic rings. The van der Waals surface area contributed by atoms with E-state index in [1.807, 2.05) is 14.0 Å². The number of hydrogen-bond donors (Lipinski definition) is 0. The lowest BCUT2D eigenvalue weighted by Gasteiger charge is -2.20. The van der Waals surface area contributed by atoms with Crippen molar-refractivity contribution in [3.8, 4) is 0 Å². The van der Waals surface area contributed by atoms with Crippen LogP contribution in [0.5, 0.6) is 0 Å². The minimum absolute atomic E-state index is 0.0821. The molecule has 0 radical (unpaired) electrons. The third-order valence-corrected chi connectivity index (χ3v) is 2.42. The van der Waals surface area contributed by atoms with Crippen LogP contribution in [0.2, 0.25) is 0 Å². The van der Waals surface area contributed by atoms with E-state index in [4.69, 9.17) is 4.74 Å². The Morgan fingerprint density at radius 2 is 2.21 bits per heavy atom. The fraction of sp³-hybridized carbons (Fsp3) is 0.800. The van der Waals surface area contributed by atoms with Gasteiger partial charge in [0.2, 0.25) is 0 Å². The molecule has 0 N–H and O–H groups in total. The van der Waals surface area contributed by atoms with Crippen LogP contribution >= 0.6 is 0 Å². The summed E-state index contributed by atoms with van der Waals surface area (Å²) < 4.78 is 5.68. The van der Waals surface area contributed by atoms with Gasteiger partial charge in [0, 0.05) is 13.7 Å². The smallest absolute Gasteiger partial charge is 0.112 e. The van der Waals surface area contributed by atoms with Crippen molar-refractivity contribution < 1.29 is 4.74 Å². The van der Waals surface area contributed by atoms with Crippen LogP contribution in [0.15, 0.2) is 6.20 Å². The zero-order valence-electron chi connectivity index (χ0n) is 9.40. The molecular weight excluding hydrogens is 178 g/mol. The van der Waals surface area contributed by atoms with Gasteiger partial charge in [-0.05, 0) is 12.8 Å². The van der Waals surface area contributed by atoms with Crippen molar-refractivity contribution in [3.05, 3.63) is 11.9 Å². The molecule has 1 heterocycles. The zero-order chi connectivity index (χ0) is 10.6. The third kappa shape index (κ3) is 2.54. The molecule has 0 amide bonds. The molecule has 0 unspecified atom stereocenters. The van der Waals surface area contributed by atoms with E-state index in [0.29, 0.717) is 12.5 Å². The fourth-order valence-electron chi connectivity index (χ4n) is 1.43. The Hall–Kier alpha value is -0.900. The highest BCUT2D eigenvalue weighted by Gasteiger charge is 2.20. The van der Waals surface area contributed by atoms with Crippen LogP contribution < -0.4 is 0 Å². The molecule has 0 fully saturated rings. The van der Waals surface area contributed by atoms with Crippen molar-refractivity contribution in [1.29, 1.82) is 0 Å². The molecule has 14 heavy (non-hydrogen) atoms. The van der Waals surface area contributed by atoms with Gasteiger partial charge in [-0.15, -0.1) is 0 Å². The summed E-state index contributed by atoms with van der Waals surface area (Å²) in [5.74, 6) is 0.478. The number of aryl methyl sites for hydroxylation is 1. The van der Waals surface area contributed by atoms with E-state index in [9.17, 15) is 0 Å². The van der Waals surface area contributed by atoms with Gasteiger partial charge in [0.1, 0.15) is 11.8 Å². The normalized spacial score (nSPS) is 15.4. The number of nitrogens with zero attached hydrogens (tertiary/aromatic N) is 3. The van der Waals surface area contributed by atoms with Crippen molar-refractivity contribution in [3.63, 3.8) is 0 Å². The van der Waals surface area contributed by atoms with Gasteiger partial charge in [-0.25, -0.2) is 0 Å². The minimum atomic E-state index is 0.0821. The molecule has 0 spiro atoms. The van der Waals surface area contributed by atoms with Crippen molar-refractivity contribution in [2.45, 2.75) is 33.3 Å². The van der Waals surface area contributed by atoms with Gasteiger partial charge in [0.05, 0.1) is 6.20 Å². The van der Waals surface area contributed by atoms with Crippen molar-refractivity contribution in [2.24, 2.45) is 13.0 Å². The van der Waals surface area contributed by atoms with E-state index in [-0.39, 0.29) is 6.10 Å². The second kappa shape index (κ2) is 5.10. The highest BCUT2D eigenvalue weighted by molar-refractivity contribution is 4.98. The predicted molar refractivity (Wildman–Crippen MR) is 54.8 cm³/mol. The summed E-state index contributed by atoms with van der Waals surface area (Å²) in [6, 6.07) is 0. The van der Waals surface area contributed by atoms with Gasteiger partial charge < -0.3 is 4.74 Å². The van der Waals surface area contributed by atoms with E-state index in [1.54, 1.807) is 11.0 Å². The fourth-order valence-corrected chi connectivity index (χ4v) is 1.43. The Kier molecular flexibility index (Phi) is 4.07. The summed E-state index contributed by atoms with van der Waals surface area (Å²) in [5.41, 5.74) is 0.934. The first kappa shape index (κ1) is 11.2. The summed E-state index contributed by atoms with van der Waals surface area (Å²) in [4.78, 5) is 1.57. The molecule has 0 aliphatic heterocycles. The monoisotopic (exact) mass is 197 g/mol. The quantitative estimate of drug-likeness (QED) is 0.724. The van der Waals surface area contributed by atoms with Crippen LogP contribution in [0.1, 0.15) is 39.0 Å². The molecule has 1 rings (SSSR count). The maximum atomic E-state index is 5.68. The van der Waals surface area contributed by atoms with E-state index < -0.39 is 0 Å². The Bertz CT molecular complexity index is 272. The van der Waals surface area contributed by atoms with Gasteiger partial charge >= 0.3 is 0 Å². The summed E-state index contributed by atoms with van der Waals surface area (Å²) >= 11 is 0. The third-order valence-electron chi connectivity index (χ3n) is 2.42. The highest BCUT2D eigenvalue weighted by Crippen LogP contribution is 2.25. The maximum absolute atomic E-state index is 5.68. The second-order valence-electron chi connectivity index (χ2n) is 3.52. The highest BCUT2D eigenvalue weighted by atomic mass is 16.5. The van der Waals surface area contributed by atoms with Gasteiger partial charge in [-0.2, -0.15) is 15.0 Å². The van der Waals surface area contributed by atoms with Gasteiger partial charge in [-0.3, -0.25) is 0 Å². The molecule has 0 saturated carbocycles. The van der Waals surface area contributed by atoms with Gasteiger partial charge in [-0.1, -0.05) is 20.3 Å². The number of hydrogen-bond acceptors (Lipinski definition) is 3. The molecule has 4 heteroatoms. The average molecular weight is 197 g/mol. The molecule has 0 aromatic carbocycles. The maximum Gasteiger partial charge on any atom is 0.112 e. The number of rotatable bonds is 5. The summed E-state index contributed by atoms with van der Waals surface area (Å²) in [6.45, 7) is 7.05. The van der Waals surface area contributed by atoms with Crippen LogP contribution in [0, 0.1) is 5.92 Å². The van der Waals surface area contributed by atoms with E-state index >= 15 is 0 Å². The summed E-state index contributed by atoms with van der Waals surface area (Å²) in [7, 11) is 1.82. The van der Waals surface area contributed by atoms with E-state index in [1.165, 1.54) is 0 Å². The lowest BCUT2D eigenvalue weighted by molar-refractivity contribution is 0.0194. The Morgan fingerprint density at radius 1 is 1.50 bits per heavy atom. The zero-order valence-corrected chi connectivity index (χ0v) is 9.40. The van der Waals surface area contributed by atoms with Crippen molar-refractivity contribution >= 4 is 0 Å². The second-order valence-corrected chi connectivity index (χ2v) is 3.52. The first-order valence-corrected chi connectivity index (χ1v) is 5.16. The van der Waals surface area contributed by atoms with Crippen molar-refractivity contribution in [2.75, 3.05) is 6.61 Å². The summed E-state index contributed by atoms with van der Waals surface area (Å²) in [6.07, 6.45) is 2.95. The SMILES string of the molecule is CCO[C@H](c1cnn(C)n1)[C@@H](C)CC. The lowest BCUT2D eigenvalue weighted by atomic mass is 10.00. The Morgan fingerprint density at radius 3 is 2.64 bits per heavy atom. The molecule has 0 bridgehead atoms. The topological polar surface area (TPSA) is 39.9 Å². The van der Waals surface area contributed by atoms with Crippen molar-refractivity contribution in [1.82, 2.24) is 15.0 Å². The number of ether oxygens (including phenoxy) is 1. The van der Waals surface area contributed by atoms with E-state index in [2.05, 4.69) is 24.0 Å².